The number of aryl methyl sites for hydroxylation is 1. The standard InChI is InChI=1S/C21H19F3N4OS/c1-14-18(30-19(26-14)15-4-3-7-25-13-15)20(29)28-10-8-27(9-11-28)17-6-2-5-16(12-17)21(22,23)24/h2-7,12-13H,8-11H2,1H3. The molecular formula is C21H19F3N4OS. The van der Waals surface area contributed by atoms with Gasteiger partial charge in [0.1, 0.15) is 9.88 Å². The summed E-state index contributed by atoms with van der Waals surface area (Å²) in [6, 6.07) is 9.02. The van der Waals surface area contributed by atoms with Crippen LogP contribution in [0.4, 0.5) is 18.9 Å². The third kappa shape index (κ3) is 4.16. The van der Waals surface area contributed by atoms with Gasteiger partial charge in [-0.3, -0.25) is 9.78 Å². The highest BCUT2D eigenvalue weighted by atomic mass is 32.1. The lowest BCUT2D eigenvalue weighted by Crippen LogP contribution is -2.48. The third-order valence-corrected chi connectivity index (χ3v) is 6.20. The molecule has 156 valence electrons. The number of hydrogen-bond acceptors (Lipinski definition) is 5. The fourth-order valence-electron chi connectivity index (χ4n) is 3.40. The summed E-state index contributed by atoms with van der Waals surface area (Å²) in [6.07, 6.45) is -0.982. The number of halogens is 3. The van der Waals surface area contributed by atoms with Crippen LogP contribution in [0.2, 0.25) is 0 Å². The average Bonchev–Trinajstić information content (AvgIpc) is 3.15. The Morgan fingerprint density at radius 3 is 2.53 bits per heavy atom. The van der Waals surface area contributed by atoms with E-state index >= 15 is 0 Å². The Morgan fingerprint density at radius 1 is 1.10 bits per heavy atom. The van der Waals surface area contributed by atoms with E-state index < -0.39 is 11.7 Å². The molecule has 3 aromatic rings. The summed E-state index contributed by atoms with van der Waals surface area (Å²) in [4.78, 5) is 25.8. The molecule has 0 atom stereocenters. The number of thiazole rings is 1. The largest absolute Gasteiger partial charge is 0.416 e. The van der Waals surface area contributed by atoms with Crippen LogP contribution in [0, 0.1) is 6.92 Å². The smallest absolute Gasteiger partial charge is 0.368 e. The minimum Gasteiger partial charge on any atom is -0.368 e. The number of hydrogen-bond donors (Lipinski definition) is 0. The number of benzene rings is 1. The van der Waals surface area contributed by atoms with Crippen LogP contribution in [0.25, 0.3) is 10.6 Å². The molecular weight excluding hydrogens is 413 g/mol. The van der Waals surface area contributed by atoms with Crippen molar-refractivity contribution in [1.29, 1.82) is 0 Å². The fraction of sp³-hybridized carbons (Fsp3) is 0.286. The number of rotatable bonds is 3. The molecule has 1 aliphatic heterocycles. The first-order valence-electron chi connectivity index (χ1n) is 9.42. The van der Waals surface area contributed by atoms with Gasteiger partial charge in [-0.05, 0) is 37.3 Å². The topological polar surface area (TPSA) is 49.3 Å². The summed E-state index contributed by atoms with van der Waals surface area (Å²) in [6.45, 7) is 3.63. The van der Waals surface area contributed by atoms with Gasteiger partial charge in [-0.15, -0.1) is 11.3 Å². The maximum atomic E-state index is 13.0. The molecule has 0 bridgehead atoms. The van der Waals surface area contributed by atoms with E-state index in [9.17, 15) is 18.0 Å². The zero-order chi connectivity index (χ0) is 21.3. The van der Waals surface area contributed by atoms with Crippen molar-refractivity contribution < 1.29 is 18.0 Å². The Hall–Kier alpha value is -2.94. The van der Waals surface area contributed by atoms with Gasteiger partial charge in [0.15, 0.2) is 0 Å². The summed E-state index contributed by atoms with van der Waals surface area (Å²) in [7, 11) is 0. The first-order chi connectivity index (χ1) is 14.3. The van der Waals surface area contributed by atoms with Gasteiger partial charge in [-0.25, -0.2) is 4.98 Å². The van der Waals surface area contributed by atoms with E-state index in [2.05, 4.69) is 9.97 Å². The van der Waals surface area contributed by atoms with Gasteiger partial charge in [-0.2, -0.15) is 13.2 Å². The molecule has 0 aliphatic carbocycles. The molecule has 1 saturated heterocycles. The Labute approximate surface area is 175 Å². The highest BCUT2D eigenvalue weighted by Gasteiger charge is 2.31. The van der Waals surface area contributed by atoms with Crippen molar-refractivity contribution in [3.63, 3.8) is 0 Å². The first kappa shape index (κ1) is 20.3. The van der Waals surface area contributed by atoms with Crippen LogP contribution in [0.15, 0.2) is 48.8 Å². The fourth-order valence-corrected chi connectivity index (χ4v) is 4.42. The number of nitrogens with zero attached hydrogens (tertiary/aromatic N) is 4. The lowest BCUT2D eigenvalue weighted by Gasteiger charge is -2.36. The second-order valence-electron chi connectivity index (χ2n) is 7.00. The van der Waals surface area contributed by atoms with E-state index in [0.717, 1.165) is 22.7 Å². The normalized spacial score (nSPS) is 14.8. The summed E-state index contributed by atoms with van der Waals surface area (Å²) in [5.41, 5.74) is 1.38. The van der Waals surface area contributed by atoms with E-state index in [4.69, 9.17) is 0 Å². The van der Waals surface area contributed by atoms with Gasteiger partial charge in [0.2, 0.25) is 0 Å². The van der Waals surface area contributed by atoms with Crippen molar-refractivity contribution in [3.05, 3.63) is 64.9 Å². The molecule has 1 amide bonds. The van der Waals surface area contributed by atoms with Crippen molar-refractivity contribution >= 4 is 22.9 Å². The van der Waals surface area contributed by atoms with Gasteiger partial charge >= 0.3 is 6.18 Å². The molecule has 1 fully saturated rings. The lowest BCUT2D eigenvalue weighted by atomic mass is 10.1. The first-order valence-corrected chi connectivity index (χ1v) is 10.2. The molecule has 0 unspecified atom stereocenters. The SMILES string of the molecule is Cc1nc(-c2cccnc2)sc1C(=O)N1CCN(c2cccc(C(F)(F)F)c2)CC1. The van der Waals surface area contributed by atoms with Crippen molar-refractivity contribution in [3.8, 4) is 10.6 Å². The Kier molecular flexibility index (Phi) is 5.46. The second-order valence-corrected chi connectivity index (χ2v) is 8.00. The Morgan fingerprint density at radius 2 is 1.87 bits per heavy atom. The van der Waals surface area contributed by atoms with Crippen molar-refractivity contribution in [2.75, 3.05) is 31.1 Å². The van der Waals surface area contributed by atoms with Crippen LogP contribution in [-0.2, 0) is 6.18 Å². The Balaban J connectivity index is 1.45. The number of amides is 1. The molecule has 30 heavy (non-hydrogen) atoms. The van der Waals surface area contributed by atoms with Crippen LogP contribution in [0.5, 0.6) is 0 Å². The number of anilines is 1. The second kappa shape index (κ2) is 8.06. The van der Waals surface area contributed by atoms with E-state index in [1.54, 1.807) is 23.4 Å². The zero-order valence-electron chi connectivity index (χ0n) is 16.2. The zero-order valence-corrected chi connectivity index (χ0v) is 17.0. The van der Waals surface area contributed by atoms with Gasteiger partial charge in [0.25, 0.3) is 5.91 Å². The van der Waals surface area contributed by atoms with E-state index in [1.165, 1.54) is 17.4 Å². The molecule has 1 aliphatic rings. The highest BCUT2D eigenvalue weighted by molar-refractivity contribution is 7.17. The van der Waals surface area contributed by atoms with Gasteiger partial charge in [-0.1, -0.05) is 6.07 Å². The summed E-state index contributed by atoms with van der Waals surface area (Å²) in [5, 5.41) is 0.742. The summed E-state index contributed by atoms with van der Waals surface area (Å²) in [5.74, 6) is -0.0937. The molecule has 9 heteroatoms. The third-order valence-electron chi connectivity index (χ3n) is 5.00. The number of pyridine rings is 1. The number of piperazine rings is 1. The number of alkyl halides is 3. The maximum absolute atomic E-state index is 13.0. The molecule has 0 spiro atoms. The van der Waals surface area contributed by atoms with Crippen LogP contribution >= 0.6 is 11.3 Å². The van der Waals surface area contributed by atoms with Crippen LogP contribution < -0.4 is 4.90 Å². The van der Waals surface area contributed by atoms with E-state index in [-0.39, 0.29) is 5.91 Å². The molecule has 0 saturated carbocycles. The number of aromatic nitrogens is 2. The maximum Gasteiger partial charge on any atom is 0.416 e. The predicted octanol–water partition coefficient (Wildman–Crippen LogP) is 4.49. The van der Waals surface area contributed by atoms with Crippen LogP contribution in [0.3, 0.4) is 0 Å². The van der Waals surface area contributed by atoms with Gasteiger partial charge in [0.05, 0.1) is 11.3 Å². The van der Waals surface area contributed by atoms with Crippen molar-refractivity contribution in [2.24, 2.45) is 0 Å². The highest BCUT2D eigenvalue weighted by Crippen LogP contribution is 2.32. The molecule has 4 rings (SSSR count). The molecule has 1 aromatic carbocycles. The monoisotopic (exact) mass is 432 g/mol. The molecule has 5 nitrogen and oxygen atoms in total. The van der Waals surface area contributed by atoms with E-state index in [1.807, 2.05) is 24.0 Å². The summed E-state index contributed by atoms with van der Waals surface area (Å²) >= 11 is 1.34. The van der Waals surface area contributed by atoms with Crippen molar-refractivity contribution in [1.82, 2.24) is 14.9 Å². The predicted molar refractivity (Wildman–Crippen MR) is 110 cm³/mol. The molecule has 0 N–H and O–H groups in total. The lowest BCUT2D eigenvalue weighted by molar-refractivity contribution is -0.137. The minimum atomic E-state index is -4.37. The Bertz CT molecular complexity index is 1040. The number of carbonyl (C=O) groups excluding carboxylic acids is 1. The van der Waals surface area contributed by atoms with Gasteiger partial charge in [0, 0.05) is 49.8 Å². The van der Waals surface area contributed by atoms with E-state index in [0.29, 0.717) is 42.4 Å². The quantitative estimate of drug-likeness (QED) is 0.612. The molecule has 3 heterocycles. The van der Waals surface area contributed by atoms with Crippen LogP contribution in [-0.4, -0.2) is 47.0 Å². The average molecular weight is 432 g/mol. The minimum absolute atomic E-state index is 0.0937. The molecule has 2 aromatic heterocycles. The van der Waals surface area contributed by atoms with Gasteiger partial charge < -0.3 is 9.80 Å². The summed E-state index contributed by atoms with van der Waals surface area (Å²) < 4.78 is 38.9. The van der Waals surface area contributed by atoms with Crippen LogP contribution in [0.1, 0.15) is 20.9 Å². The molecule has 0 radical (unpaired) electrons. The van der Waals surface area contributed by atoms with Crippen molar-refractivity contribution in [2.45, 2.75) is 13.1 Å². The number of carbonyl (C=O) groups is 1.